The third-order valence-corrected chi connectivity index (χ3v) is 1.89. The Morgan fingerprint density at radius 3 is 2.54 bits per heavy atom. The van der Waals surface area contributed by atoms with Crippen LogP contribution in [0.3, 0.4) is 0 Å². The number of hydrogen-bond acceptors (Lipinski definition) is 3. The van der Waals surface area contributed by atoms with Crippen molar-refractivity contribution < 1.29 is 9.53 Å². The molecule has 0 bridgehead atoms. The number of rotatable bonds is 7. The van der Waals surface area contributed by atoms with Crippen LogP contribution in [0.1, 0.15) is 40.0 Å². The highest BCUT2D eigenvalue weighted by Gasteiger charge is 2.11. The molecule has 0 saturated carbocycles. The Labute approximate surface area is 80.8 Å². The Morgan fingerprint density at radius 2 is 2.08 bits per heavy atom. The predicted molar refractivity (Wildman–Crippen MR) is 53.6 cm³/mol. The number of esters is 1. The maximum atomic E-state index is 11.1. The van der Waals surface area contributed by atoms with Gasteiger partial charge in [0.05, 0.1) is 13.0 Å². The van der Waals surface area contributed by atoms with Gasteiger partial charge >= 0.3 is 5.97 Å². The number of carbonyl (C=O) groups excluding carboxylic acids is 1. The minimum atomic E-state index is -0.0991. The van der Waals surface area contributed by atoms with Gasteiger partial charge in [-0.15, -0.1) is 0 Å². The first-order valence-electron chi connectivity index (χ1n) is 5.13. The van der Waals surface area contributed by atoms with Gasteiger partial charge in [0, 0.05) is 6.04 Å². The van der Waals surface area contributed by atoms with Gasteiger partial charge in [-0.3, -0.25) is 4.79 Å². The maximum absolute atomic E-state index is 11.1. The molecule has 0 aromatic rings. The number of hydrogen-bond donors (Lipinski definition) is 1. The molecule has 0 fully saturated rings. The molecule has 0 heterocycles. The molecule has 0 radical (unpaired) electrons. The fourth-order valence-corrected chi connectivity index (χ4v) is 1.13. The van der Waals surface area contributed by atoms with Crippen molar-refractivity contribution in [3.05, 3.63) is 0 Å². The van der Waals surface area contributed by atoms with E-state index >= 15 is 0 Å². The summed E-state index contributed by atoms with van der Waals surface area (Å²) in [6.07, 6.45) is 2.56. The molecule has 0 aromatic carbocycles. The molecule has 3 nitrogen and oxygen atoms in total. The molecule has 0 amide bonds. The highest BCUT2D eigenvalue weighted by atomic mass is 16.5. The topological polar surface area (TPSA) is 38.3 Å². The smallest absolute Gasteiger partial charge is 0.307 e. The van der Waals surface area contributed by atoms with Gasteiger partial charge in [0.15, 0.2) is 0 Å². The van der Waals surface area contributed by atoms with Gasteiger partial charge in [0.1, 0.15) is 0 Å². The molecule has 0 aromatic heterocycles. The van der Waals surface area contributed by atoms with Gasteiger partial charge in [-0.1, -0.05) is 13.8 Å². The summed E-state index contributed by atoms with van der Waals surface area (Å²) < 4.78 is 4.88. The molecule has 0 aliphatic heterocycles. The maximum Gasteiger partial charge on any atom is 0.307 e. The van der Waals surface area contributed by atoms with Crippen molar-refractivity contribution in [2.75, 3.05) is 13.2 Å². The molecule has 13 heavy (non-hydrogen) atoms. The lowest BCUT2D eigenvalue weighted by Crippen LogP contribution is -2.31. The van der Waals surface area contributed by atoms with Crippen LogP contribution in [0, 0.1) is 0 Å². The summed E-state index contributed by atoms with van der Waals surface area (Å²) >= 11 is 0. The lowest BCUT2D eigenvalue weighted by molar-refractivity contribution is -0.143. The van der Waals surface area contributed by atoms with Gasteiger partial charge in [0.25, 0.3) is 0 Å². The van der Waals surface area contributed by atoms with Crippen LogP contribution in [0.4, 0.5) is 0 Å². The van der Waals surface area contributed by atoms with Crippen LogP contribution in [0.25, 0.3) is 0 Å². The Balaban J connectivity index is 3.62. The lowest BCUT2D eigenvalue weighted by Gasteiger charge is -2.14. The van der Waals surface area contributed by atoms with Crippen molar-refractivity contribution in [3.8, 4) is 0 Å². The van der Waals surface area contributed by atoms with Crippen molar-refractivity contribution in [3.63, 3.8) is 0 Å². The van der Waals surface area contributed by atoms with Crippen molar-refractivity contribution in [1.82, 2.24) is 5.32 Å². The Kier molecular flexibility index (Phi) is 7.69. The van der Waals surface area contributed by atoms with Crippen LogP contribution in [0.2, 0.25) is 0 Å². The van der Waals surface area contributed by atoms with Gasteiger partial charge in [-0.25, -0.2) is 0 Å². The van der Waals surface area contributed by atoms with Gasteiger partial charge < -0.3 is 10.1 Å². The Hall–Kier alpha value is -0.570. The van der Waals surface area contributed by atoms with Crippen LogP contribution in [-0.4, -0.2) is 25.2 Å². The second-order valence-electron chi connectivity index (χ2n) is 3.07. The molecule has 0 rings (SSSR count). The van der Waals surface area contributed by atoms with Gasteiger partial charge in [-0.2, -0.15) is 0 Å². The van der Waals surface area contributed by atoms with E-state index < -0.39 is 0 Å². The second kappa shape index (κ2) is 8.05. The van der Waals surface area contributed by atoms with Crippen LogP contribution in [0.15, 0.2) is 0 Å². The summed E-state index contributed by atoms with van der Waals surface area (Å²) in [6, 6.07) is 0.277. The van der Waals surface area contributed by atoms with E-state index in [9.17, 15) is 4.79 Å². The van der Waals surface area contributed by atoms with Crippen molar-refractivity contribution >= 4 is 5.97 Å². The fourth-order valence-electron chi connectivity index (χ4n) is 1.13. The number of ether oxygens (including phenoxy) is 1. The van der Waals surface area contributed by atoms with Gasteiger partial charge in [0.2, 0.25) is 0 Å². The van der Waals surface area contributed by atoms with E-state index in [-0.39, 0.29) is 12.0 Å². The first kappa shape index (κ1) is 12.4. The average Bonchev–Trinajstić information content (AvgIpc) is 2.12. The quantitative estimate of drug-likeness (QED) is 0.617. The lowest BCUT2D eigenvalue weighted by atomic mass is 10.1. The number of carbonyl (C=O) groups is 1. The van der Waals surface area contributed by atoms with Crippen LogP contribution in [-0.2, 0) is 9.53 Å². The minimum absolute atomic E-state index is 0.0991. The summed E-state index contributed by atoms with van der Waals surface area (Å²) in [4.78, 5) is 11.1. The predicted octanol–water partition coefficient (Wildman–Crippen LogP) is 1.72. The molecule has 1 unspecified atom stereocenters. The second-order valence-corrected chi connectivity index (χ2v) is 3.07. The molecular weight excluding hydrogens is 166 g/mol. The molecule has 1 N–H and O–H groups in total. The molecule has 0 spiro atoms. The molecule has 0 saturated heterocycles. The fraction of sp³-hybridized carbons (Fsp3) is 0.900. The average molecular weight is 187 g/mol. The Bertz CT molecular complexity index is 137. The van der Waals surface area contributed by atoms with E-state index in [4.69, 9.17) is 4.74 Å². The van der Waals surface area contributed by atoms with Gasteiger partial charge in [-0.05, 0) is 26.3 Å². The van der Waals surface area contributed by atoms with E-state index in [1.165, 1.54) is 0 Å². The Morgan fingerprint density at radius 1 is 1.38 bits per heavy atom. The van der Waals surface area contributed by atoms with Crippen LogP contribution in [0.5, 0.6) is 0 Å². The third-order valence-electron chi connectivity index (χ3n) is 1.89. The molecular formula is C10H21NO2. The van der Waals surface area contributed by atoms with E-state index in [2.05, 4.69) is 19.2 Å². The monoisotopic (exact) mass is 187 g/mol. The summed E-state index contributed by atoms with van der Waals surface area (Å²) in [6.45, 7) is 7.47. The molecule has 1 atom stereocenters. The third kappa shape index (κ3) is 6.58. The molecule has 0 aliphatic carbocycles. The standard InChI is InChI=1S/C10H21NO2/c1-4-7-11-9(5-2)8-10(12)13-6-3/h9,11H,4-8H2,1-3H3. The van der Waals surface area contributed by atoms with Crippen LogP contribution < -0.4 is 5.32 Å². The number of nitrogens with one attached hydrogen (secondary N) is 1. The van der Waals surface area contributed by atoms with E-state index in [0.717, 1.165) is 19.4 Å². The van der Waals surface area contributed by atoms with Crippen molar-refractivity contribution in [2.24, 2.45) is 0 Å². The van der Waals surface area contributed by atoms with E-state index in [1.54, 1.807) is 0 Å². The zero-order valence-electron chi connectivity index (χ0n) is 8.93. The largest absolute Gasteiger partial charge is 0.466 e. The van der Waals surface area contributed by atoms with Crippen molar-refractivity contribution in [1.29, 1.82) is 0 Å². The highest BCUT2D eigenvalue weighted by molar-refractivity contribution is 5.70. The summed E-state index contributed by atoms with van der Waals surface area (Å²) in [7, 11) is 0. The highest BCUT2D eigenvalue weighted by Crippen LogP contribution is 1.99. The van der Waals surface area contributed by atoms with E-state index in [1.807, 2.05) is 6.92 Å². The SMILES string of the molecule is CCCNC(CC)CC(=O)OCC. The zero-order valence-corrected chi connectivity index (χ0v) is 8.93. The normalized spacial score (nSPS) is 12.5. The molecule has 78 valence electrons. The van der Waals surface area contributed by atoms with Crippen molar-refractivity contribution in [2.45, 2.75) is 46.1 Å². The first-order chi connectivity index (χ1) is 6.24. The first-order valence-corrected chi connectivity index (χ1v) is 5.13. The van der Waals surface area contributed by atoms with E-state index in [0.29, 0.717) is 13.0 Å². The molecule has 0 aliphatic rings. The summed E-state index contributed by atoms with van der Waals surface area (Å²) in [5, 5.41) is 3.31. The van der Waals surface area contributed by atoms with Crippen LogP contribution >= 0.6 is 0 Å². The zero-order chi connectivity index (χ0) is 10.1. The summed E-state index contributed by atoms with van der Waals surface area (Å²) in [5.41, 5.74) is 0. The summed E-state index contributed by atoms with van der Waals surface area (Å²) in [5.74, 6) is -0.0991. The minimum Gasteiger partial charge on any atom is -0.466 e. The molecule has 3 heteroatoms.